The second-order valence-electron chi connectivity index (χ2n) is 5.64. The molecule has 2 saturated heterocycles. The molecule has 2 fully saturated rings. The van der Waals surface area contributed by atoms with Gasteiger partial charge < -0.3 is 14.3 Å². The first-order valence-electron chi connectivity index (χ1n) is 6.97. The van der Waals surface area contributed by atoms with E-state index in [9.17, 15) is 9.59 Å². The largest absolute Gasteiger partial charge is 0.337 e. The van der Waals surface area contributed by atoms with E-state index >= 15 is 0 Å². The van der Waals surface area contributed by atoms with Crippen LogP contribution in [0.5, 0.6) is 0 Å². The molecule has 7 heteroatoms. The molecule has 1 atom stereocenters. The monoisotopic (exact) mass is 278 g/mol. The minimum Gasteiger partial charge on any atom is -0.337 e. The number of fused-ring (bicyclic) bond motifs is 1. The van der Waals surface area contributed by atoms with Crippen LogP contribution in [0.15, 0.2) is 4.52 Å². The zero-order chi connectivity index (χ0) is 14.3. The van der Waals surface area contributed by atoms with Crippen LogP contribution in [-0.4, -0.2) is 50.9 Å². The Labute approximate surface area is 116 Å². The van der Waals surface area contributed by atoms with E-state index in [4.69, 9.17) is 4.52 Å². The summed E-state index contributed by atoms with van der Waals surface area (Å²) in [6, 6.07) is -0.288. The molecule has 3 rings (SSSR count). The molecule has 108 valence electrons. The van der Waals surface area contributed by atoms with Gasteiger partial charge >= 0.3 is 0 Å². The van der Waals surface area contributed by atoms with Crippen LogP contribution < -0.4 is 0 Å². The molecular formula is C13H18N4O3. The third-order valence-electron chi connectivity index (χ3n) is 3.82. The molecule has 7 nitrogen and oxygen atoms in total. The van der Waals surface area contributed by atoms with Gasteiger partial charge in [0.2, 0.25) is 17.7 Å². The number of hydrogen-bond acceptors (Lipinski definition) is 5. The normalized spacial score (nSPS) is 22.9. The maximum absolute atomic E-state index is 12.3. The molecule has 0 bridgehead atoms. The van der Waals surface area contributed by atoms with Crippen molar-refractivity contribution in [2.45, 2.75) is 45.2 Å². The molecule has 0 spiro atoms. The van der Waals surface area contributed by atoms with Crippen LogP contribution in [0, 0.1) is 0 Å². The molecule has 0 saturated carbocycles. The summed E-state index contributed by atoms with van der Waals surface area (Å²) in [5.41, 5.74) is 0. The van der Waals surface area contributed by atoms with E-state index in [0.29, 0.717) is 18.3 Å². The van der Waals surface area contributed by atoms with Crippen molar-refractivity contribution in [3.63, 3.8) is 0 Å². The highest BCUT2D eigenvalue weighted by Gasteiger charge is 2.42. The van der Waals surface area contributed by atoms with Crippen molar-refractivity contribution in [2.24, 2.45) is 0 Å². The fourth-order valence-electron chi connectivity index (χ4n) is 2.73. The number of rotatable bonds is 3. The second kappa shape index (κ2) is 4.88. The van der Waals surface area contributed by atoms with E-state index in [1.807, 2.05) is 13.8 Å². The summed E-state index contributed by atoms with van der Waals surface area (Å²) in [4.78, 5) is 31.8. The van der Waals surface area contributed by atoms with E-state index in [2.05, 4.69) is 10.1 Å². The van der Waals surface area contributed by atoms with Gasteiger partial charge in [-0.25, -0.2) is 0 Å². The molecule has 0 radical (unpaired) electrons. The topological polar surface area (TPSA) is 79.5 Å². The van der Waals surface area contributed by atoms with Crippen LogP contribution in [0.2, 0.25) is 0 Å². The standard InChI is InChI=1S/C13H18N4O3/c1-8(2)12-14-10(20-15-12)6-16-7-11(18)17-5-3-4-9(17)13(16)19/h8-9H,3-7H2,1-2H3/t9-/m0/s1. The molecule has 0 unspecified atom stereocenters. The Morgan fingerprint density at radius 1 is 1.40 bits per heavy atom. The van der Waals surface area contributed by atoms with Gasteiger partial charge in [0.25, 0.3) is 0 Å². The van der Waals surface area contributed by atoms with Crippen molar-refractivity contribution in [2.75, 3.05) is 13.1 Å². The summed E-state index contributed by atoms with van der Waals surface area (Å²) in [6.45, 7) is 4.96. The SMILES string of the molecule is CC(C)c1noc(CN2CC(=O)N3CCC[C@H]3C2=O)n1. The fraction of sp³-hybridized carbons (Fsp3) is 0.692. The predicted molar refractivity (Wildman–Crippen MR) is 68.5 cm³/mol. The zero-order valence-corrected chi connectivity index (χ0v) is 11.7. The Balaban J connectivity index is 1.73. The number of aromatic nitrogens is 2. The molecule has 0 aromatic carbocycles. The van der Waals surface area contributed by atoms with Gasteiger partial charge in [-0.3, -0.25) is 9.59 Å². The second-order valence-corrected chi connectivity index (χ2v) is 5.64. The third-order valence-corrected chi connectivity index (χ3v) is 3.82. The van der Waals surface area contributed by atoms with Gasteiger partial charge in [0.15, 0.2) is 5.82 Å². The van der Waals surface area contributed by atoms with Gasteiger partial charge in [-0.1, -0.05) is 19.0 Å². The first-order valence-corrected chi connectivity index (χ1v) is 6.97. The minimum atomic E-state index is -0.288. The Morgan fingerprint density at radius 3 is 2.90 bits per heavy atom. The van der Waals surface area contributed by atoms with E-state index in [1.54, 1.807) is 4.90 Å². The van der Waals surface area contributed by atoms with Crippen LogP contribution in [0.3, 0.4) is 0 Å². The maximum Gasteiger partial charge on any atom is 0.246 e. The van der Waals surface area contributed by atoms with Crippen molar-refractivity contribution >= 4 is 11.8 Å². The third kappa shape index (κ3) is 2.17. The zero-order valence-electron chi connectivity index (χ0n) is 11.7. The first-order chi connectivity index (χ1) is 9.56. The number of amides is 2. The molecule has 0 aliphatic carbocycles. The molecule has 3 heterocycles. The fourth-order valence-corrected chi connectivity index (χ4v) is 2.73. The highest BCUT2D eigenvalue weighted by Crippen LogP contribution is 2.24. The number of piperazine rings is 1. The van der Waals surface area contributed by atoms with Gasteiger partial charge in [0.05, 0.1) is 0 Å². The smallest absolute Gasteiger partial charge is 0.246 e. The summed E-state index contributed by atoms with van der Waals surface area (Å²) >= 11 is 0. The summed E-state index contributed by atoms with van der Waals surface area (Å²) < 4.78 is 5.14. The Morgan fingerprint density at radius 2 is 2.20 bits per heavy atom. The van der Waals surface area contributed by atoms with Crippen LogP contribution in [0.4, 0.5) is 0 Å². The first kappa shape index (κ1) is 13.1. The van der Waals surface area contributed by atoms with Gasteiger partial charge in [-0.15, -0.1) is 0 Å². The van der Waals surface area contributed by atoms with Crippen molar-refractivity contribution in [1.29, 1.82) is 0 Å². The highest BCUT2D eigenvalue weighted by atomic mass is 16.5. The molecule has 1 aromatic heterocycles. The van der Waals surface area contributed by atoms with Gasteiger partial charge in [0.1, 0.15) is 19.1 Å². The molecule has 2 aliphatic heterocycles. The molecule has 1 aromatic rings. The van der Waals surface area contributed by atoms with Crippen molar-refractivity contribution in [3.8, 4) is 0 Å². The maximum atomic E-state index is 12.3. The van der Waals surface area contributed by atoms with Gasteiger partial charge in [-0.2, -0.15) is 4.98 Å². The average molecular weight is 278 g/mol. The van der Waals surface area contributed by atoms with Crippen LogP contribution in [0.1, 0.15) is 44.3 Å². The summed E-state index contributed by atoms with van der Waals surface area (Å²) in [5.74, 6) is 1.19. The van der Waals surface area contributed by atoms with E-state index in [1.165, 1.54) is 4.90 Å². The number of carbonyl (C=O) groups is 2. The van der Waals surface area contributed by atoms with Crippen molar-refractivity contribution in [3.05, 3.63) is 11.7 Å². The van der Waals surface area contributed by atoms with Crippen LogP contribution in [0.25, 0.3) is 0 Å². The number of hydrogen-bond donors (Lipinski definition) is 0. The van der Waals surface area contributed by atoms with Crippen molar-refractivity contribution < 1.29 is 14.1 Å². The average Bonchev–Trinajstić information content (AvgIpc) is 3.04. The molecule has 2 aliphatic rings. The van der Waals surface area contributed by atoms with Crippen LogP contribution >= 0.6 is 0 Å². The Hall–Kier alpha value is -1.92. The lowest BCUT2D eigenvalue weighted by Crippen LogP contribution is -2.56. The molecular weight excluding hydrogens is 260 g/mol. The lowest BCUT2D eigenvalue weighted by Gasteiger charge is -2.35. The predicted octanol–water partition coefficient (Wildman–Crippen LogP) is 0.526. The Kier molecular flexibility index (Phi) is 3.19. The molecule has 2 amide bonds. The quantitative estimate of drug-likeness (QED) is 0.805. The highest BCUT2D eigenvalue weighted by molar-refractivity contribution is 5.95. The lowest BCUT2D eigenvalue weighted by molar-refractivity contribution is -0.154. The van der Waals surface area contributed by atoms with Crippen molar-refractivity contribution in [1.82, 2.24) is 19.9 Å². The Bertz CT molecular complexity index is 539. The van der Waals surface area contributed by atoms with Crippen LogP contribution in [-0.2, 0) is 16.1 Å². The lowest BCUT2D eigenvalue weighted by atomic mass is 10.1. The summed E-state index contributed by atoms with van der Waals surface area (Å²) in [5, 5.41) is 3.87. The minimum absolute atomic E-state index is 0.00797. The summed E-state index contributed by atoms with van der Waals surface area (Å²) in [7, 11) is 0. The van der Waals surface area contributed by atoms with E-state index in [-0.39, 0.29) is 36.9 Å². The molecule has 0 N–H and O–H groups in total. The van der Waals surface area contributed by atoms with Gasteiger partial charge in [0, 0.05) is 12.5 Å². The summed E-state index contributed by atoms with van der Waals surface area (Å²) in [6.07, 6.45) is 1.65. The van der Waals surface area contributed by atoms with Gasteiger partial charge in [-0.05, 0) is 12.8 Å². The number of carbonyl (C=O) groups excluding carboxylic acids is 2. The molecule has 20 heavy (non-hydrogen) atoms. The number of nitrogens with zero attached hydrogens (tertiary/aromatic N) is 4. The van der Waals surface area contributed by atoms with E-state index < -0.39 is 0 Å². The van der Waals surface area contributed by atoms with E-state index in [0.717, 1.165) is 12.8 Å².